The van der Waals surface area contributed by atoms with Crippen LogP contribution >= 0.6 is 0 Å². The molecule has 3 heteroatoms. The predicted octanol–water partition coefficient (Wildman–Crippen LogP) is 1.13. The maximum absolute atomic E-state index is 9.75. The van der Waals surface area contributed by atoms with E-state index in [9.17, 15) is 4.79 Å². The van der Waals surface area contributed by atoms with Gasteiger partial charge in [0.2, 0.25) is 0 Å². The van der Waals surface area contributed by atoms with Gasteiger partial charge in [0.1, 0.15) is 6.61 Å². The van der Waals surface area contributed by atoms with Crippen molar-refractivity contribution < 1.29 is 14.6 Å². The van der Waals surface area contributed by atoms with Crippen molar-refractivity contribution >= 4 is 5.97 Å². The third-order valence-electron chi connectivity index (χ3n) is 0.574. The summed E-state index contributed by atoms with van der Waals surface area (Å²) in [4.78, 5) is 9.75. The highest BCUT2D eigenvalue weighted by Crippen LogP contribution is 1.78. The molecule has 9 heavy (non-hydrogen) atoms. The number of ether oxygens (including phenoxy) is 1. The lowest BCUT2D eigenvalue weighted by molar-refractivity contribution is -0.142. The molecule has 0 aromatic heterocycles. The van der Waals surface area contributed by atoms with Crippen LogP contribution in [0, 0.1) is 0 Å². The zero-order valence-corrected chi connectivity index (χ0v) is 4.89. The Balaban J connectivity index is 0. The van der Waals surface area contributed by atoms with Crippen molar-refractivity contribution in [2.75, 3.05) is 13.2 Å². The molecule has 0 aromatic carbocycles. The number of rotatable bonds is 4. The molecule has 56 valence electrons. The van der Waals surface area contributed by atoms with Crippen molar-refractivity contribution in [3.8, 4) is 0 Å². The zero-order chi connectivity index (χ0) is 6.41. The summed E-state index contributed by atoms with van der Waals surface area (Å²) in [5.74, 6) is -0.904. The van der Waals surface area contributed by atoms with Crippen LogP contribution in [-0.2, 0) is 9.53 Å². The van der Waals surface area contributed by atoms with Gasteiger partial charge in [-0.25, -0.2) is 4.79 Å². The van der Waals surface area contributed by atoms with E-state index >= 15 is 0 Å². The van der Waals surface area contributed by atoms with Crippen molar-refractivity contribution in [2.24, 2.45) is 0 Å². The molecular formula is C6H14O3. The van der Waals surface area contributed by atoms with Crippen LogP contribution in [0.2, 0.25) is 0 Å². The first-order chi connectivity index (χ1) is 3.77. The third kappa shape index (κ3) is 11.2. The Morgan fingerprint density at radius 1 is 1.67 bits per heavy atom. The molecule has 0 saturated heterocycles. The molecule has 0 rings (SSSR count). The molecule has 0 spiro atoms. The Labute approximate surface area is 55.6 Å². The van der Waals surface area contributed by atoms with Gasteiger partial charge in [0.25, 0.3) is 0 Å². The minimum atomic E-state index is -0.904. The summed E-state index contributed by atoms with van der Waals surface area (Å²) in [6, 6.07) is 0. The molecular weight excluding hydrogens is 120 g/mol. The average molecular weight is 134 g/mol. The molecule has 3 nitrogen and oxygen atoms in total. The lowest BCUT2D eigenvalue weighted by Gasteiger charge is -1.94. The van der Waals surface area contributed by atoms with Crippen LogP contribution in [0.4, 0.5) is 0 Å². The largest absolute Gasteiger partial charge is 0.480 e. The fourth-order valence-electron chi connectivity index (χ4n) is 0.304. The van der Waals surface area contributed by atoms with E-state index in [1.165, 1.54) is 0 Å². The Kier molecular flexibility index (Phi) is 9.29. The van der Waals surface area contributed by atoms with E-state index in [0.717, 1.165) is 6.42 Å². The molecule has 0 unspecified atom stereocenters. The number of aliphatic carboxylic acids is 1. The van der Waals surface area contributed by atoms with Gasteiger partial charge in [-0.05, 0) is 6.42 Å². The second-order valence-corrected chi connectivity index (χ2v) is 1.45. The van der Waals surface area contributed by atoms with E-state index in [-0.39, 0.29) is 14.0 Å². The first-order valence-electron chi connectivity index (χ1n) is 2.57. The summed E-state index contributed by atoms with van der Waals surface area (Å²) in [5, 5.41) is 8.02. The van der Waals surface area contributed by atoms with Crippen LogP contribution in [0.1, 0.15) is 20.8 Å². The quantitative estimate of drug-likeness (QED) is 0.586. The smallest absolute Gasteiger partial charge is 0.329 e. The standard InChI is InChI=1S/C5H10O3.CH4/c1-2-3-8-4-5(6)7;/h2-4H2,1H3,(H,6,7);1H4. The molecule has 1 N–H and O–H groups in total. The van der Waals surface area contributed by atoms with Crippen LogP contribution in [0.15, 0.2) is 0 Å². The van der Waals surface area contributed by atoms with E-state index in [1.54, 1.807) is 0 Å². The zero-order valence-electron chi connectivity index (χ0n) is 4.89. The van der Waals surface area contributed by atoms with Crippen molar-refractivity contribution in [1.29, 1.82) is 0 Å². The minimum absolute atomic E-state index is 0. The Hall–Kier alpha value is -0.570. The van der Waals surface area contributed by atoms with E-state index in [1.807, 2.05) is 6.92 Å². The molecule has 0 saturated carbocycles. The first-order valence-corrected chi connectivity index (χ1v) is 2.57. The number of carbonyl (C=O) groups is 1. The lowest BCUT2D eigenvalue weighted by Crippen LogP contribution is -2.06. The van der Waals surface area contributed by atoms with Gasteiger partial charge >= 0.3 is 5.97 Å². The number of carboxylic acid groups (broad SMARTS) is 1. The number of hydrogen-bond acceptors (Lipinski definition) is 2. The van der Waals surface area contributed by atoms with E-state index in [2.05, 4.69) is 4.74 Å². The number of carboxylic acids is 1. The second-order valence-electron chi connectivity index (χ2n) is 1.45. The average Bonchev–Trinajstić information content (AvgIpc) is 1.66. The predicted molar refractivity (Wildman–Crippen MR) is 35.5 cm³/mol. The minimum Gasteiger partial charge on any atom is -0.480 e. The summed E-state index contributed by atoms with van der Waals surface area (Å²) in [6.45, 7) is 2.29. The highest BCUT2D eigenvalue weighted by atomic mass is 16.5. The van der Waals surface area contributed by atoms with Gasteiger partial charge < -0.3 is 9.84 Å². The fraction of sp³-hybridized carbons (Fsp3) is 0.833. The molecule has 0 aliphatic rings. The molecule has 0 fully saturated rings. The maximum atomic E-state index is 9.75. The van der Waals surface area contributed by atoms with Gasteiger partial charge in [0, 0.05) is 6.61 Å². The SMILES string of the molecule is C.CCCOCC(=O)O. The molecule has 0 bridgehead atoms. The van der Waals surface area contributed by atoms with Gasteiger partial charge in [0.15, 0.2) is 0 Å². The second kappa shape index (κ2) is 7.43. The topological polar surface area (TPSA) is 46.5 Å². The third-order valence-corrected chi connectivity index (χ3v) is 0.574. The van der Waals surface area contributed by atoms with Crippen molar-refractivity contribution in [3.05, 3.63) is 0 Å². The molecule has 0 heterocycles. The van der Waals surface area contributed by atoms with Crippen molar-refractivity contribution in [3.63, 3.8) is 0 Å². The lowest BCUT2D eigenvalue weighted by atomic mass is 10.5. The molecule has 0 radical (unpaired) electrons. The van der Waals surface area contributed by atoms with E-state index in [0.29, 0.717) is 6.61 Å². The normalized spacial score (nSPS) is 8.11. The summed E-state index contributed by atoms with van der Waals surface area (Å²) in [7, 11) is 0. The Morgan fingerprint density at radius 3 is 2.56 bits per heavy atom. The van der Waals surface area contributed by atoms with Gasteiger partial charge in [-0.2, -0.15) is 0 Å². The van der Waals surface area contributed by atoms with Crippen LogP contribution in [0.3, 0.4) is 0 Å². The summed E-state index contributed by atoms with van der Waals surface area (Å²) >= 11 is 0. The first kappa shape index (κ1) is 11.3. The summed E-state index contributed by atoms with van der Waals surface area (Å²) in [5.41, 5.74) is 0. The molecule has 0 atom stereocenters. The van der Waals surface area contributed by atoms with E-state index in [4.69, 9.17) is 5.11 Å². The number of hydrogen-bond donors (Lipinski definition) is 1. The molecule has 0 aliphatic heterocycles. The van der Waals surface area contributed by atoms with Crippen molar-refractivity contribution in [1.82, 2.24) is 0 Å². The van der Waals surface area contributed by atoms with Crippen LogP contribution in [0.25, 0.3) is 0 Å². The molecule has 0 aliphatic carbocycles. The van der Waals surface area contributed by atoms with Gasteiger partial charge in [-0.3, -0.25) is 0 Å². The van der Waals surface area contributed by atoms with Crippen LogP contribution < -0.4 is 0 Å². The highest BCUT2D eigenvalue weighted by molar-refractivity contribution is 5.67. The van der Waals surface area contributed by atoms with Crippen LogP contribution in [0.5, 0.6) is 0 Å². The van der Waals surface area contributed by atoms with Gasteiger partial charge in [0.05, 0.1) is 0 Å². The molecule has 0 aromatic rings. The summed E-state index contributed by atoms with van der Waals surface area (Å²) in [6.07, 6.45) is 0.868. The van der Waals surface area contributed by atoms with Crippen LogP contribution in [-0.4, -0.2) is 24.3 Å². The maximum Gasteiger partial charge on any atom is 0.329 e. The highest BCUT2D eigenvalue weighted by Gasteiger charge is 1.92. The van der Waals surface area contributed by atoms with Crippen molar-refractivity contribution in [2.45, 2.75) is 20.8 Å². The Morgan fingerprint density at radius 2 is 2.22 bits per heavy atom. The molecule has 0 amide bonds. The van der Waals surface area contributed by atoms with E-state index < -0.39 is 5.97 Å². The fourth-order valence-corrected chi connectivity index (χ4v) is 0.304. The van der Waals surface area contributed by atoms with Gasteiger partial charge in [-0.15, -0.1) is 0 Å². The monoisotopic (exact) mass is 134 g/mol. The summed E-state index contributed by atoms with van der Waals surface area (Å²) < 4.78 is 4.64. The van der Waals surface area contributed by atoms with Gasteiger partial charge in [-0.1, -0.05) is 14.4 Å². The Bertz CT molecular complexity index is 70.7.